The summed E-state index contributed by atoms with van der Waals surface area (Å²) in [7, 11) is 0. The first kappa shape index (κ1) is 70.8. The number of hydrogen-bond donors (Lipinski definition) is 0. The van der Waals surface area contributed by atoms with Crippen LogP contribution in [0.3, 0.4) is 0 Å². The van der Waals surface area contributed by atoms with Crippen LogP contribution in [-0.4, -0.2) is 106 Å². The van der Waals surface area contributed by atoms with Crippen LogP contribution in [0.25, 0.3) is 0 Å². The molecular formula is C39H63AlO21. The molecule has 0 aromatic carbocycles. The van der Waals surface area contributed by atoms with Gasteiger partial charge in [0, 0.05) is 75.7 Å². The Hall–Kier alpha value is -4.75. The zero-order valence-corrected chi connectivity index (χ0v) is 38.5. The summed E-state index contributed by atoms with van der Waals surface area (Å²) in [6.45, 7) is 20.3. The largest absolute Gasteiger partial charge is 3.00 e. The minimum atomic E-state index is -1.29. The Bertz CT molecular complexity index is 1170. The van der Waals surface area contributed by atoms with Crippen molar-refractivity contribution in [3.8, 4) is 0 Å². The van der Waals surface area contributed by atoms with E-state index in [0.717, 1.165) is 0 Å². The van der Waals surface area contributed by atoms with Gasteiger partial charge in [0.25, 0.3) is 0 Å². The first-order valence-electron chi connectivity index (χ1n) is 19.0. The minimum absolute atomic E-state index is 0. The van der Waals surface area contributed by atoms with Crippen LogP contribution >= 0.6 is 0 Å². The van der Waals surface area contributed by atoms with Crippen molar-refractivity contribution >= 4 is 87.9 Å². The van der Waals surface area contributed by atoms with Crippen molar-refractivity contribution in [3.05, 3.63) is 0 Å². The quantitative estimate of drug-likeness (QED) is 0.0555. The molecule has 348 valence electrons. The average molecular weight is 895 g/mol. The van der Waals surface area contributed by atoms with Gasteiger partial charge < -0.3 is 29.7 Å². The minimum Gasteiger partial charge on any atom is -0.550 e. The second-order valence-corrected chi connectivity index (χ2v) is 12.3. The SMILES string of the molecule is CCC(=O)CC(=O)OOC(C)C.CCC(=O)CC(=O)OOC(C)C.CCC(=O)CC(=O)OOC(C)C.CCC(=O)CC(=O)[O-].CCC(=O)CC(=O)[O-].CCC(=O)CC(=O)[O-].[Al+3]. The first-order valence-corrected chi connectivity index (χ1v) is 19.0. The third-order valence-electron chi connectivity index (χ3n) is 5.42. The second-order valence-electron chi connectivity index (χ2n) is 12.3. The summed E-state index contributed by atoms with van der Waals surface area (Å²) in [5, 5.41) is 28.9. The molecule has 22 heteroatoms. The number of carboxylic acids is 3. The number of hydrogen-bond acceptors (Lipinski definition) is 21. The zero-order chi connectivity index (χ0) is 48.4. The Balaban J connectivity index is -0.000000116. The maximum Gasteiger partial charge on any atom is 3.00 e. The molecular weight excluding hydrogens is 831 g/mol. The molecule has 0 amide bonds. The predicted molar refractivity (Wildman–Crippen MR) is 207 cm³/mol. The summed E-state index contributed by atoms with van der Waals surface area (Å²) in [6.07, 6.45) is -0.638. The molecule has 0 aliphatic carbocycles. The van der Waals surface area contributed by atoms with Crippen molar-refractivity contribution in [1.82, 2.24) is 0 Å². The van der Waals surface area contributed by atoms with Crippen molar-refractivity contribution in [2.45, 2.75) is 178 Å². The summed E-state index contributed by atoms with van der Waals surface area (Å²) >= 11 is 0. The van der Waals surface area contributed by atoms with E-state index in [2.05, 4.69) is 29.3 Å². The van der Waals surface area contributed by atoms with E-state index in [0.29, 0.717) is 19.3 Å². The second kappa shape index (κ2) is 47.9. The molecule has 0 rings (SSSR count). The number of carbonyl (C=O) groups excluding carboxylic acids is 12. The molecule has 0 N–H and O–H groups in total. The monoisotopic (exact) mass is 894 g/mol. The summed E-state index contributed by atoms with van der Waals surface area (Å²) in [5.41, 5.74) is 0. The number of ketones is 6. The molecule has 0 spiro atoms. The molecule has 0 bridgehead atoms. The van der Waals surface area contributed by atoms with Crippen molar-refractivity contribution in [2.24, 2.45) is 0 Å². The molecule has 0 atom stereocenters. The molecule has 0 aromatic heterocycles. The topological polar surface area (TPSA) is 329 Å². The van der Waals surface area contributed by atoms with Crippen LogP contribution in [0, 0.1) is 0 Å². The Morgan fingerprint density at radius 3 is 0.574 bits per heavy atom. The number of carboxylic acid groups (broad SMARTS) is 3. The van der Waals surface area contributed by atoms with Crippen molar-refractivity contribution < 1.29 is 102 Å². The van der Waals surface area contributed by atoms with Gasteiger partial charge in [0.05, 0.1) is 18.3 Å². The summed E-state index contributed by atoms with van der Waals surface area (Å²) in [6, 6.07) is 0. The molecule has 0 heterocycles. The normalized spacial score (nSPS) is 9.30. The fourth-order valence-electron chi connectivity index (χ4n) is 2.25. The third-order valence-corrected chi connectivity index (χ3v) is 5.42. The van der Waals surface area contributed by atoms with Gasteiger partial charge in [-0.2, -0.15) is 14.7 Å². The number of rotatable bonds is 24. The molecule has 0 aliphatic rings. The van der Waals surface area contributed by atoms with Gasteiger partial charge in [0.2, 0.25) is 0 Å². The maximum absolute atomic E-state index is 10.7. The first-order chi connectivity index (χ1) is 27.7. The molecule has 0 saturated heterocycles. The van der Waals surface area contributed by atoms with Crippen LogP contribution in [0.5, 0.6) is 0 Å². The Morgan fingerprint density at radius 2 is 0.475 bits per heavy atom. The van der Waals surface area contributed by atoms with E-state index in [-0.39, 0.29) is 109 Å². The van der Waals surface area contributed by atoms with Crippen molar-refractivity contribution in [1.29, 1.82) is 0 Å². The van der Waals surface area contributed by atoms with Gasteiger partial charge in [0.1, 0.15) is 54.0 Å². The van der Waals surface area contributed by atoms with Gasteiger partial charge in [-0.05, 0) is 41.5 Å². The molecule has 0 radical (unpaired) electrons. The molecule has 61 heavy (non-hydrogen) atoms. The van der Waals surface area contributed by atoms with Gasteiger partial charge in [-0.25, -0.2) is 14.4 Å². The Morgan fingerprint density at radius 1 is 0.328 bits per heavy atom. The van der Waals surface area contributed by atoms with Gasteiger partial charge in [-0.1, -0.05) is 41.5 Å². The fraction of sp³-hybridized carbons (Fsp3) is 0.692. The number of carbonyl (C=O) groups is 12. The van der Waals surface area contributed by atoms with Crippen molar-refractivity contribution in [3.63, 3.8) is 0 Å². The predicted octanol–water partition coefficient (Wildman–Crippen LogP) is 0.652. The molecule has 0 aliphatic heterocycles. The van der Waals surface area contributed by atoms with Gasteiger partial charge in [0.15, 0.2) is 0 Å². The van der Waals surface area contributed by atoms with Crippen LogP contribution in [0.4, 0.5) is 0 Å². The Kier molecular flexibility index (Phi) is 55.6. The standard InChI is InChI=1S/3C8H14O4.3C5H8O3.Al/c3*1-4-7(9)5-8(10)12-11-6(2)3;3*1-2-4(6)3-5(7)8;/h3*6H,4-5H2,1-3H3;3*2-3H2,1H3,(H,7,8);/q;;;;;;+3/p-3. The van der Waals surface area contributed by atoms with Crippen LogP contribution in [0.1, 0.15) is 160 Å². The summed E-state index contributed by atoms with van der Waals surface area (Å²) < 4.78 is 0. The van der Waals surface area contributed by atoms with Gasteiger partial charge >= 0.3 is 35.3 Å². The van der Waals surface area contributed by atoms with Gasteiger partial charge in [-0.15, -0.1) is 0 Å². The zero-order valence-electron chi connectivity index (χ0n) is 37.4. The molecule has 21 nitrogen and oxygen atoms in total. The van der Waals surface area contributed by atoms with E-state index in [1.165, 1.54) is 0 Å². The summed E-state index contributed by atoms with van der Waals surface area (Å²) in [5.74, 6) is -7.07. The van der Waals surface area contributed by atoms with Crippen LogP contribution in [-0.2, 0) is 86.9 Å². The number of aliphatic carboxylic acids is 3. The summed E-state index contributed by atoms with van der Waals surface area (Å²) in [4.78, 5) is 150. The van der Waals surface area contributed by atoms with Crippen LogP contribution in [0.2, 0.25) is 0 Å². The molecule has 0 unspecified atom stereocenters. The molecule has 0 saturated carbocycles. The van der Waals surface area contributed by atoms with Crippen LogP contribution in [0.15, 0.2) is 0 Å². The van der Waals surface area contributed by atoms with E-state index in [1.807, 2.05) is 0 Å². The van der Waals surface area contributed by atoms with E-state index >= 15 is 0 Å². The fourth-order valence-corrected chi connectivity index (χ4v) is 2.25. The van der Waals surface area contributed by atoms with E-state index in [9.17, 15) is 72.9 Å². The van der Waals surface area contributed by atoms with E-state index in [1.54, 1.807) is 83.1 Å². The van der Waals surface area contributed by atoms with E-state index < -0.39 is 55.1 Å². The molecule has 0 aromatic rings. The van der Waals surface area contributed by atoms with Crippen molar-refractivity contribution in [2.75, 3.05) is 0 Å². The van der Waals surface area contributed by atoms with E-state index in [4.69, 9.17) is 0 Å². The third kappa shape index (κ3) is 73.2. The number of Topliss-reactive ketones (excluding diaryl/α,β-unsaturated/α-hetero) is 6. The van der Waals surface area contributed by atoms with Gasteiger partial charge in [-0.3, -0.25) is 43.4 Å². The Labute approximate surface area is 367 Å². The molecule has 0 fully saturated rings. The smallest absolute Gasteiger partial charge is 0.550 e. The average Bonchev–Trinajstić information content (AvgIpc) is 3.15. The maximum atomic E-state index is 10.7. The van der Waals surface area contributed by atoms with Crippen LogP contribution < -0.4 is 15.3 Å².